The zero-order valence-electron chi connectivity index (χ0n) is 18.3. The Bertz CT molecular complexity index is 1470. The monoisotopic (exact) mass is 491 g/mol. The molecule has 184 valence electrons. The van der Waals surface area contributed by atoms with Crippen LogP contribution in [-0.4, -0.2) is 37.1 Å². The second-order valence-electron chi connectivity index (χ2n) is 7.50. The lowest BCUT2D eigenvalue weighted by Crippen LogP contribution is -2.12. The number of nitrogens with zero attached hydrogens (tertiary/aromatic N) is 3. The van der Waals surface area contributed by atoms with Gasteiger partial charge in [0.2, 0.25) is 0 Å². The molecule has 35 heavy (non-hydrogen) atoms. The van der Waals surface area contributed by atoms with E-state index in [2.05, 4.69) is 9.97 Å². The quantitative estimate of drug-likeness (QED) is 0.282. The second-order valence-corrected chi connectivity index (χ2v) is 7.50. The summed E-state index contributed by atoms with van der Waals surface area (Å²) in [6.45, 7) is 1.95. The molecule has 0 unspecified atom stereocenters. The van der Waals surface area contributed by atoms with Crippen molar-refractivity contribution in [2.45, 2.75) is 26.1 Å². The van der Waals surface area contributed by atoms with E-state index in [0.29, 0.717) is 36.0 Å². The van der Waals surface area contributed by atoms with Crippen LogP contribution in [0.3, 0.4) is 0 Å². The lowest BCUT2D eigenvalue weighted by Gasteiger charge is -2.08. The van der Waals surface area contributed by atoms with Gasteiger partial charge in [-0.3, -0.25) is 19.7 Å². The molecular weight excluding hydrogens is 471 g/mol. The number of rotatable bonds is 5. The maximum atomic E-state index is 13.0. The highest BCUT2D eigenvalue weighted by Crippen LogP contribution is 2.33. The summed E-state index contributed by atoms with van der Waals surface area (Å²) >= 11 is 0. The molecule has 0 fully saturated rings. The molecule has 10 nitrogen and oxygen atoms in total. The van der Waals surface area contributed by atoms with Crippen molar-refractivity contribution < 1.29 is 28.0 Å². The molecule has 0 aliphatic heterocycles. The lowest BCUT2D eigenvalue weighted by atomic mass is 10.1. The van der Waals surface area contributed by atoms with Crippen molar-refractivity contribution in [2.75, 3.05) is 6.54 Å². The molecule has 0 radical (unpaired) electrons. The number of benzene rings is 2. The number of aromatic amines is 1. The molecule has 13 heteroatoms. The highest BCUT2D eigenvalue weighted by Gasteiger charge is 2.30. The molecule has 0 atom stereocenters. The molecule has 0 aliphatic rings. The first kappa shape index (κ1) is 25.4. The number of fused-ring (bicyclic) bond motifs is 2. The second kappa shape index (κ2) is 9.93. The predicted molar refractivity (Wildman–Crippen MR) is 122 cm³/mol. The van der Waals surface area contributed by atoms with Crippen molar-refractivity contribution in [1.29, 1.82) is 0 Å². The van der Waals surface area contributed by atoms with E-state index in [1.165, 1.54) is 24.3 Å². The van der Waals surface area contributed by atoms with Crippen molar-refractivity contribution in [3.63, 3.8) is 0 Å². The summed E-state index contributed by atoms with van der Waals surface area (Å²) in [7, 11) is 0. The molecule has 4 aromatic rings. The highest BCUT2D eigenvalue weighted by molar-refractivity contribution is 5.97. The Hall–Kier alpha value is -4.26. The van der Waals surface area contributed by atoms with Gasteiger partial charge in [0.05, 0.1) is 27.0 Å². The first-order chi connectivity index (χ1) is 16.4. The van der Waals surface area contributed by atoms with Gasteiger partial charge in [0.1, 0.15) is 5.69 Å². The topological polar surface area (TPSA) is 157 Å². The molecular formula is C22H20F3N5O5. The zero-order chi connectivity index (χ0) is 25.9. The van der Waals surface area contributed by atoms with Crippen molar-refractivity contribution in [3.05, 3.63) is 68.6 Å². The summed E-state index contributed by atoms with van der Waals surface area (Å²) in [6, 6.07) is 7.17. The number of nitrogens with two attached hydrogens (primary N) is 1. The van der Waals surface area contributed by atoms with Crippen LogP contribution in [0.2, 0.25) is 0 Å². The number of halogens is 3. The van der Waals surface area contributed by atoms with Crippen LogP contribution >= 0.6 is 0 Å². The molecule has 2 aromatic carbocycles. The van der Waals surface area contributed by atoms with Crippen LogP contribution in [0.25, 0.3) is 33.2 Å². The van der Waals surface area contributed by atoms with E-state index in [1.54, 1.807) is 10.8 Å². The zero-order valence-corrected chi connectivity index (χ0v) is 18.3. The van der Waals surface area contributed by atoms with Crippen LogP contribution in [0.15, 0.2) is 47.4 Å². The van der Waals surface area contributed by atoms with Gasteiger partial charge in [0.15, 0.2) is 0 Å². The summed E-state index contributed by atoms with van der Waals surface area (Å²) in [5.41, 5.74) is 5.03. The summed E-state index contributed by atoms with van der Waals surface area (Å²) in [5.74, 6) is -0.833. The van der Waals surface area contributed by atoms with Crippen LogP contribution in [0.4, 0.5) is 18.9 Å². The third-order valence-electron chi connectivity index (χ3n) is 4.95. The van der Waals surface area contributed by atoms with Crippen molar-refractivity contribution in [3.8, 4) is 11.3 Å². The van der Waals surface area contributed by atoms with Gasteiger partial charge in [-0.2, -0.15) is 13.2 Å². The summed E-state index contributed by atoms with van der Waals surface area (Å²) in [5, 5.41) is 19.2. The Morgan fingerprint density at radius 3 is 2.54 bits per heavy atom. The Labute approximate surface area is 195 Å². The van der Waals surface area contributed by atoms with Crippen LogP contribution in [0, 0.1) is 10.1 Å². The van der Waals surface area contributed by atoms with Gasteiger partial charge >= 0.3 is 6.18 Å². The van der Waals surface area contributed by atoms with Crippen molar-refractivity contribution in [2.24, 2.45) is 5.73 Å². The number of nitro groups is 1. The molecule has 2 aromatic heterocycles. The first-order valence-corrected chi connectivity index (χ1v) is 10.2. The Kier molecular flexibility index (Phi) is 7.20. The largest absolute Gasteiger partial charge is 0.481 e. The molecule has 4 N–H and O–H groups in total. The summed E-state index contributed by atoms with van der Waals surface area (Å²) in [4.78, 5) is 39.1. The molecule has 0 amide bonds. The standard InChI is InChI=1S/C20H16F3N5O3.C2H4O2/c21-20(22,23)11-2-5-15-16(8-11)26-19(29)18(25-15)14-10-27(7-1-6-24)17-9-12(28(30)31)3-4-13(14)17;1-2(3)4/h2-5,8-10H,1,6-7,24H2,(H,26,29);1H3,(H,3,4). The van der Waals surface area contributed by atoms with Crippen molar-refractivity contribution >= 4 is 33.6 Å². The number of non-ortho nitro benzene ring substituents is 1. The highest BCUT2D eigenvalue weighted by atomic mass is 19.4. The van der Waals surface area contributed by atoms with E-state index in [-0.39, 0.29) is 22.4 Å². The van der Waals surface area contributed by atoms with Crippen LogP contribution in [-0.2, 0) is 17.5 Å². The number of H-pyrrole nitrogens is 1. The van der Waals surface area contributed by atoms with E-state index in [1.807, 2.05) is 0 Å². The van der Waals surface area contributed by atoms with Gasteiger partial charge in [0.25, 0.3) is 17.2 Å². The van der Waals surface area contributed by atoms with Crippen LogP contribution < -0.4 is 11.3 Å². The van der Waals surface area contributed by atoms with E-state index in [4.69, 9.17) is 15.6 Å². The number of nitrogens with one attached hydrogen (secondary N) is 1. The third-order valence-corrected chi connectivity index (χ3v) is 4.95. The van der Waals surface area contributed by atoms with E-state index in [9.17, 15) is 28.1 Å². The lowest BCUT2D eigenvalue weighted by molar-refractivity contribution is -0.384. The number of aryl methyl sites for hydroxylation is 1. The van der Waals surface area contributed by atoms with Gasteiger partial charge < -0.3 is 20.4 Å². The smallest absolute Gasteiger partial charge is 0.416 e. The van der Waals surface area contributed by atoms with E-state index in [0.717, 1.165) is 19.1 Å². The third kappa shape index (κ3) is 5.63. The van der Waals surface area contributed by atoms with Crippen LogP contribution in [0.1, 0.15) is 18.9 Å². The molecule has 0 spiro atoms. The minimum absolute atomic E-state index is 0.0117. The molecule has 2 heterocycles. The molecule has 0 saturated heterocycles. The number of hydrogen-bond acceptors (Lipinski definition) is 6. The number of carbonyl (C=O) groups is 1. The maximum absolute atomic E-state index is 13.0. The number of alkyl halides is 3. The molecule has 4 rings (SSSR count). The fourth-order valence-electron chi connectivity index (χ4n) is 3.47. The minimum Gasteiger partial charge on any atom is -0.481 e. The van der Waals surface area contributed by atoms with Gasteiger partial charge in [-0.15, -0.1) is 0 Å². The van der Waals surface area contributed by atoms with Gasteiger partial charge in [-0.05, 0) is 37.2 Å². The average Bonchev–Trinajstić information content (AvgIpc) is 3.13. The van der Waals surface area contributed by atoms with Crippen molar-refractivity contribution in [1.82, 2.24) is 14.5 Å². The minimum atomic E-state index is -4.55. The Balaban J connectivity index is 0.000000795. The van der Waals surface area contributed by atoms with Gasteiger partial charge in [-0.25, -0.2) is 4.98 Å². The van der Waals surface area contributed by atoms with Crippen LogP contribution in [0.5, 0.6) is 0 Å². The average molecular weight is 491 g/mol. The van der Waals surface area contributed by atoms with E-state index < -0.39 is 28.2 Å². The first-order valence-electron chi connectivity index (χ1n) is 10.2. The fourth-order valence-corrected chi connectivity index (χ4v) is 3.47. The summed E-state index contributed by atoms with van der Waals surface area (Å²) in [6.07, 6.45) is -2.29. The fraction of sp³-hybridized carbons (Fsp3) is 0.227. The molecule has 0 bridgehead atoms. The van der Waals surface area contributed by atoms with E-state index >= 15 is 0 Å². The predicted octanol–water partition coefficient (Wildman–Crippen LogP) is 3.91. The number of hydrogen-bond donors (Lipinski definition) is 3. The Morgan fingerprint density at radius 2 is 1.94 bits per heavy atom. The van der Waals surface area contributed by atoms with Gasteiger partial charge in [-0.1, -0.05) is 0 Å². The maximum Gasteiger partial charge on any atom is 0.416 e. The normalized spacial score (nSPS) is 11.3. The number of nitro benzene ring substituents is 1. The molecule has 0 aliphatic carbocycles. The summed E-state index contributed by atoms with van der Waals surface area (Å²) < 4.78 is 40.6. The number of carboxylic acid groups (broad SMARTS) is 1. The Morgan fingerprint density at radius 1 is 1.26 bits per heavy atom. The van der Waals surface area contributed by atoms with Gasteiger partial charge in [0, 0.05) is 42.7 Å². The number of aliphatic carboxylic acids is 1. The number of aromatic nitrogens is 3. The SMILES string of the molecule is CC(=O)O.NCCCn1cc(-c2nc3ccc(C(F)(F)F)cc3[nH]c2=O)c2ccc([N+](=O)[O-])cc21. The molecule has 0 saturated carbocycles. The number of carboxylic acids is 1.